The van der Waals surface area contributed by atoms with Crippen LogP contribution in [0, 0.1) is 12.7 Å². The topological polar surface area (TPSA) is 121 Å². The molecule has 1 aliphatic heterocycles. The van der Waals surface area contributed by atoms with E-state index in [0.717, 1.165) is 12.6 Å². The fraction of sp³-hybridized carbons (Fsp3) is 0.500. The van der Waals surface area contributed by atoms with Crippen molar-refractivity contribution in [3.8, 4) is 17.5 Å². The van der Waals surface area contributed by atoms with Gasteiger partial charge in [0.1, 0.15) is 25.2 Å². The molecule has 33 heavy (non-hydrogen) atoms. The summed E-state index contributed by atoms with van der Waals surface area (Å²) >= 11 is 0. The maximum Gasteiger partial charge on any atom is 0.410 e. The molecule has 13 heteroatoms. The molecule has 0 unspecified atom stereocenters. The predicted molar refractivity (Wildman–Crippen MR) is 111 cm³/mol. The van der Waals surface area contributed by atoms with Gasteiger partial charge in [-0.05, 0) is 26.0 Å². The third-order valence-electron chi connectivity index (χ3n) is 4.82. The van der Waals surface area contributed by atoms with Crippen LogP contribution in [0.4, 0.5) is 13.6 Å². The van der Waals surface area contributed by atoms with E-state index in [2.05, 4.69) is 15.0 Å². The second-order valence-corrected chi connectivity index (χ2v) is 9.52. The highest BCUT2D eigenvalue weighted by atomic mass is 32.2. The van der Waals surface area contributed by atoms with Crippen molar-refractivity contribution >= 4 is 15.9 Å². The van der Waals surface area contributed by atoms with E-state index in [-0.39, 0.29) is 22.3 Å². The summed E-state index contributed by atoms with van der Waals surface area (Å²) in [5.74, 6) is -1.52. The minimum absolute atomic E-state index is 0.125. The number of alkyl halides is 1. The van der Waals surface area contributed by atoms with Crippen LogP contribution in [-0.4, -0.2) is 72.6 Å². The zero-order chi connectivity index (χ0) is 24.2. The van der Waals surface area contributed by atoms with Gasteiger partial charge in [0.05, 0.1) is 5.69 Å². The van der Waals surface area contributed by atoms with Crippen molar-refractivity contribution < 1.29 is 36.2 Å². The Morgan fingerprint density at radius 1 is 1.24 bits per heavy atom. The van der Waals surface area contributed by atoms with Gasteiger partial charge in [-0.1, -0.05) is 0 Å². The fourth-order valence-electron chi connectivity index (χ4n) is 3.03. The number of likely N-dealkylation sites (tertiary alicyclic amines) is 1. The second-order valence-electron chi connectivity index (χ2n) is 7.56. The molecule has 2 aromatic heterocycles. The van der Waals surface area contributed by atoms with E-state index in [1.165, 1.54) is 30.9 Å². The molecule has 10 nitrogen and oxygen atoms in total. The second kappa shape index (κ2) is 10.2. The summed E-state index contributed by atoms with van der Waals surface area (Å²) in [6.45, 7) is 2.82. The Balaban J connectivity index is 1.64. The molecule has 3 rings (SSSR count). The summed E-state index contributed by atoms with van der Waals surface area (Å²) in [5, 5.41) is -0.131. The third kappa shape index (κ3) is 6.24. The van der Waals surface area contributed by atoms with Gasteiger partial charge < -0.3 is 19.1 Å². The van der Waals surface area contributed by atoms with Gasteiger partial charge in [0.2, 0.25) is 5.82 Å². The number of piperidine rings is 1. The average Bonchev–Trinajstić information content (AvgIpc) is 2.77. The van der Waals surface area contributed by atoms with Crippen molar-refractivity contribution in [1.82, 2.24) is 19.9 Å². The highest BCUT2D eigenvalue weighted by molar-refractivity contribution is 7.90. The number of nitrogens with zero attached hydrogens (tertiary/aromatic N) is 4. The maximum atomic E-state index is 14.9. The van der Waals surface area contributed by atoms with E-state index in [0.29, 0.717) is 25.9 Å². The number of carbonyl (C=O) groups excluding carboxylic acids is 1. The zero-order valence-corrected chi connectivity index (χ0v) is 19.1. The van der Waals surface area contributed by atoms with Crippen LogP contribution in [0.1, 0.15) is 25.5 Å². The number of hydrogen-bond acceptors (Lipinski definition) is 9. The molecule has 1 atom stereocenters. The number of hydrogen-bond donors (Lipinski definition) is 0. The first-order valence-corrected chi connectivity index (χ1v) is 12.0. The van der Waals surface area contributed by atoms with Gasteiger partial charge in [0.15, 0.2) is 20.6 Å². The summed E-state index contributed by atoms with van der Waals surface area (Å²) in [7, 11) is -3.50. The van der Waals surface area contributed by atoms with E-state index in [1.54, 1.807) is 0 Å². The van der Waals surface area contributed by atoms with Gasteiger partial charge in [-0.25, -0.2) is 22.6 Å². The molecule has 0 N–H and O–H groups in total. The van der Waals surface area contributed by atoms with E-state index in [4.69, 9.17) is 14.2 Å². The molecule has 1 saturated heterocycles. The van der Waals surface area contributed by atoms with E-state index in [9.17, 15) is 22.0 Å². The third-order valence-corrected chi connectivity index (χ3v) is 5.81. The Morgan fingerprint density at radius 3 is 2.52 bits per heavy atom. The monoisotopic (exact) mass is 486 g/mol. The van der Waals surface area contributed by atoms with Crippen molar-refractivity contribution in [2.45, 2.75) is 43.9 Å². The molecular formula is C20H24F2N4O6S. The van der Waals surface area contributed by atoms with Crippen molar-refractivity contribution in [2.24, 2.45) is 0 Å². The fourth-order valence-corrected chi connectivity index (χ4v) is 3.65. The Labute approximate surface area is 189 Å². The molecule has 0 radical (unpaired) electrons. The average molecular weight is 486 g/mol. The molecule has 1 aliphatic rings. The largest absolute Gasteiger partial charge is 0.472 e. The van der Waals surface area contributed by atoms with E-state index in [1.807, 2.05) is 0 Å². The molecule has 0 aromatic carbocycles. The highest BCUT2D eigenvalue weighted by Gasteiger charge is 2.27. The Kier molecular flexibility index (Phi) is 7.61. The highest BCUT2D eigenvalue weighted by Crippen LogP contribution is 2.30. The van der Waals surface area contributed by atoms with Crippen LogP contribution < -0.4 is 9.47 Å². The standard InChI is InChI=1S/C20H24F2N4O6S/c1-12(10-21)30-20(27)26-8-6-14(7-9-26)31-18-17(22)19(24-11-23-18)32-15-4-5-16(25-13(15)2)33(3,28)29/h4-5,11-12,14H,6-10H2,1-3H3/t12-/m0/s1. The normalized spacial score (nSPS) is 15.7. The Bertz CT molecular complexity index is 1110. The lowest BCUT2D eigenvalue weighted by Crippen LogP contribution is -2.43. The number of ether oxygens (including phenoxy) is 3. The first-order chi connectivity index (χ1) is 15.6. The van der Waals surface area contributed by atoms with Crippen LogP contribution in [0.2, 0.25) is 0 Å². The summed E-state index contributed by atoms with van der Waals surface area (Å²) in [5.41, 5.74) is 0.236. The maximum absolute atomic E-state index is 14.9. The first kappa shape index (κ1) is 24.6. The van der Waals surface area contributed by atoms with Crippen molar-refractivity contribution in [2.75, 3.05) is 26.0 Å². The quantitative estimate of drug-likeness (QED) is 0.581. The smallest absolute Gasteiger partial charge is 0.410 e. The van der Waals surface area contributed by atoms with Crippen LogP contribution in [0.25, 0.3) is 0 Å². The van der Waals surface area contributed by atoms with Crippen LogP contribution in [0.15, 0.2) is 23.5 Å². The summed E-state index contributed by atoms with van der Waals surface area (Å²) in [4.78, 5) is 25.0. The summed E-state index contributed by atoms with van der Waals surface area (Å²) in [6, 6.07) is 2.61. The van der Waals surface area contributed by atoms with Crippen molar-refractivity contribution in [1.29, 1.82) is 0 Å². The molecule has 0 spiro atoms. The number of rotatable bonds is 7. The minimum Gasteiger partial charge on any atom is -0.472 e. The van der Waals surface area contributed by atoms with Crippen molar-refractivity contribution in [3.63, 3.8) is 0 Å². The van der Waals surface area contributed by atoms with Gasteiger partial charge in [-0.2, -0.15) is 14.4 Å². The number of pyridine rings is 1. The van der Waals surface area contributed by atoms with Crippen molar-refractivity contribution in [3.05, 3.63) is 30.0 Å². The molecule has 0 saturated carbocycles. The zero-order valence-electron chi connectivity index (χ0n) is 18.3. The number of halogens is 2. The molecule has 1 fully saturated rings. The van der Waals surface area contributed by atoms with Gasteiger partial charge in [-0.15, -0.1) is 0 Å². The molecule has 2 aromatic rings. The van der Waals surface area contributed by atoms with Gasteiger partial charge in [-0.3, -0.25) is 0 Å². The number of sulfone groups is 1. The predicted octanol–water partition coefficient (Wildman–Crippen LogP) is 2.85. The van der Waals surface area contributed by atoms with Gasteiger partial charge in [0.25, 0.3) is 11.8 Å². The molecular weight excluding hydrogens is 462 g/mol. The first-order valence-electron chi connectivity index (χ1n) is 10.1. The number of aryl methyl sites for hydroxylation is 1. The summed E-state index contributed by atoms with van der Waals surface area (Å²) < 4.78 is 66.7. The summed E-state index contributed by atoms with van der Waals surface area (Å²) in [6.07, 6.45) is 1.06. The van der Waals surface area contributed by atoms with Gasteiger partial charge in [0, 0.05) is 32.2 Å². The lowest BCUT2D eigenvalue weighted by Gasteiger charge is -2.31. The Hall–Kier alpha value is -3.09. The van der Waals surface area contributed by atoms with E-state index >= 15 is 0 Å². The SMILES string of the molecule is Cc1nc(S(C)(=O)=O)ccc1Oc1ncnc(OC2CCN(C(=O)O[C@@H](C)CF)CC2)c1F. The van der Waals surface area contributed by atoms with Crippen LogP contribution in [0.5, 0.6) is 17.5 Å². The molecule has 180 valence electrons. The lowest BCUT2D eigenvalue weighted by atomic mass is 10.1. The van der Waals surface area contributed by atoms with Crippen LogP contribution in [0.3, 0.4) is 0 Å². The van der Waals surface area contributed by atoms with Crippen LogP contribution in [-0.2, 0) is 14.6 Å². The van der Waals surface area contributed by atoms with Crippen LogP contribution >= 0.6 is 0 Å². The molecule has 1 amide bonds. The van der Waals surface area contributed by atoms with Gasteiger partial charge >= 0.3 is 6.09 Å². The molecule has 0 bridgehead atoms. The number of amides is 1. The Morgan fingerprint density at radius 2 is 1.91 bits per heavy atom. The van der Waals surface area contributed by atoms with E-state index < -0.39 is 46.5 Å². The lowest BCUT2D eigenvalue weighted by molar-refractivity contribution is 0.0383. The number of carbonyl (C=O) groups is 1. The minimum atomic E-state index is -3.50. The molecule has 0 aliphatic carbocycles. The molecule has 3 heterocycles. The number of aromatic nitrogens is 3.